The molecule has 29 heavy (non-hydrogen) atoms. The smallest absolute Gasteiger partial charge is 0.243 e. The molecule has 6 atom stereocenters. The van der Waals surface area contributed by atoms with Gasteiger partial charge in [-0.25, -0.2) is 5.48 Å². The van der Waals surface area contributed by atoms with E-state index in [4.69, 9.17) is 5.21 Å². The van der Waals surface area contributed by atoms with Gasteiger partial charge in [-0.2, -0.15) is 0 Å². The minimum absolute atomic E-state index is 0.290. The van der Waals surface area contributed by atoms with Crippen LogP contribution in [0.15, 0.2) is 23.3 Å². The summed E-state index contributed by atoms with van der Waals surface area (Å²) in [7, 11) is 0. The van der Waals surface area contributed by atoms with Crippen LogP contribution in [0.2, 0.25) is 0 Å². The van der Waals surface area contributed by atoms with Crippen molar-refractivity contribution in [2.75, 3.05) is 0 Å². The molecule has 0 bridgehead atoms. The monoisotopic (exact) mass is 405 g/mol. The van der Waals surface area contributed by atoms with E-state index in [1.807, 2.05) is 0 Å². The van der Waals surface area contributed by atoms with Crippen LogP contribution >= 0.6 is 0 Å². The third-order valence-electron chi connectivity index (χ3n) is 7.99. The minimum Gasteiger partial charge on any atom is -0.393 e. The molecule has 1 amide bonds. The molecular weight excluding hydrogens is 366 g/mol. The molecule has 164 valence electrons. The van der Waals surface area contributed by atoms with E-state index in [1.165, 1.54) is 31.3 Å². The van der Waals surface area contributed by atoms with Gasteiger partial charge >= 0.3 is 0 Å². The highest BCUT2D eigenvalue weighted by molar-refractivity contribution is 5.74. The maximum absolute atomic E-state index is 11.3. The fourth-order valence-corrected chi connectivity index (χ4v) is 6.59. The molecule has 3 aliphatic carbocycles. The molecule has 0 spiro atoms. The van der Waals surface area contributed by atoms with Crippen LogP contribution in [0.25, 0.3) is 0 Å². The first-order valence-corrected chi connectivity index (χ1v) is 11.5. The van der Waals surface area contributed by atoms with Gasteiger partial charge in [0.05, 0.1) is 12.2 Å². The van der Waals surface area contributed by atoms with Gasteiger partial charge in [-0.1, -0.05) is 37.1 Å². The summed E-state index contributed by atoms with van der Waals surface area (Å²) in [5.74, 6) is 1.60. The number of hydroxylamine groups is 1. The van der Waals surface area contributed by atoms with E-state index in [2.05, 4.69) is 26.0 Å². The zero-order chi connectivity index (χ0) is 21.0. The normalized spacial score (nSPS) is 38.8. The highest BCUT2D eigenvalue weighted by atomic mass is 16.5. The summed E-state index contributed by atoms with van der Waals surface area (Å²) in [6, 6.07) is 0. The fraction of sp³-hybridized carbons (Fsp3) is 0.792. The van der Waals surface area contributed by atoms with Crippen molar-refractivity contribution >= 4 is 5.91 Å². The van der Waals surface area contributed by atoms with Crippen molar-refractivity contribution in [2.45, 2.75) is 96.7 Å². The van der Waals surface area contributed by atoms with Crippen LogP contribution in [0, 0.1) is 23.2 Å². The van der Waals surface area contributed by atoms with Crippen LogP contribution in [-0.2, 0) is 4.79 Å². The van der Waals surface area contributed by atoms with E-state index in [9.17, 15) is 15.0 Å². The summed E-state index contributed by atoms with van der Waals surface area (Å²) < 4.78 is 0. The van der Waals surface area contributed by atoms with E-state index < -0.39 is 12.2 Å². The number of hydrogen-bond donors (Lipinski definition) is 4. The van der Waals surface area contributed by atoms with Crippen LogP contribution in [0.4, 0.5) is 0 Å². The molecule has 3 aliphatic rings. The maximum atomic E-state index is 11.3. The third kappa shape index (κ3) is 5.31. The highest BCUT2D eigenvalue weighted by Crippen LogP contribution is 2.59. The van der Waals surface area contributed by atoms with E-state index in [-0.39, 0.29) is 5.91 Å². The Morgan fingerprint density at radius 3 is 2.66 bits per heavy atom. The van der Waals surface area contributed by atoms with E-state index in [0.717, 1.165) is 19.3 Å². The number of nitrogens with one attached hydrogen (secondary N) is 1. The Balaban J connectivity index is 1.65. The quantitative estimate of drug-likeness (QED) is 0.392. The van der Waals surface area contributed by atoms with Crippen molar-refractivity contribution < 1.29 is 20.2 Å². The van der Waals surface area contributed by atoms with E-state index in [1.54, 1.807) is 11.1 Å². The standard InChI is InChI=1S/C24H39NO4/c1-16(5-3-7-23(28)25-29)21-10-11-22-18(6-4-12-24(21,22)2)9-8-17-13-19(26)15-20(27)14-17/h8-9,16,19-22,26-27,29H,3-7,10-15H2,1-2H3,(H,25,28)/b17-8?,18-9+/t16-,19-,20?,21?,22+,24?/m1/s1. The minimum atomic E-state index is -0.412. The predicted octanol–water partition coefficient (Wildman–Crippen LogP) is 4.27. The van der Waals surface area contributed by atoms with Gasteiger partial charge in [0.1, 0.15) is 0 Å². The zero-order valence-electron chi connectivity index (χ0n) is 18.1. The van der Waals surface area contributed by atoms with Gasteiger partial charge in [0, 0.05) is 6.42 Å². The number of rotatable bonds is 6. The number of carbonyl (C=O) groups excluding carboxylic acids is 1. The Labute approximate surface area is 175 Å². The van der Waals surface area contributed by atoms with Gasteiger partial charge < -0.3 is 10.2 Å². The largest absolute Gasteiger partial charge is 0.393 e. The molecule has 3 fully saturated rings. The molecule has 0 aliphatic heterocycles. The Morgan fingerprint density at radius 2 is 1.97 bits per heavy atom. The first-order valence-electron chi connectivity index (χ1n) is 11.5. The number of aliphatic hydroxyl groups is 2. The summed E-state index contributed by atoms with van der Waals surface area (Å²) >= 11 is 0. The third-order valence-corrected chi connectivity index (χ3v) is 7.99. The molecule has 0 saturated heterocycles. The summed E-state index contributed by atoms with van der Waals surface area (Å²) in [5, 5.41) is 28.5. The lowest BCUT2D eigenvalue weighted by Crippen LogP contribution is -2.36. The molecule has 0 heterocycles. The van der Waals surface area contributed by atoms with Gasteiger partial charge in [-0.3, -0.25) is 10.0 Å². The SMILES string of the molecule is C[C@H](CCCC(=O)NO)C1CC[C@H]2/C(=C/C=C3CC(O)C[C@H](O)C3)CCCC12C. The summed E-state index contributed by atoms with van der Waals surface area (Å²) in [6.07, 6.45) is 13.9. The fourth-order valence-electron chi connectivity index (χ4n) is 6.59. The molecule has 4 N–H and O–H groups in total. The number of fused-ring (bicyclic) bond motifs is 1. The van der Waals surface area contributed by atoms with Crippen LogP contribution in [0.3, 0.4) is 0 Å². The zero-order valence-corrected chi connectivity index (χ0v) is 18.1. The number of amides is 1. The van der Waals surface area contributed by atoms with Gasteiger partial charge in [0.2, 0.25) is 5.91 Å². The molecule has 3 rings (SSSR count). The average molecular weight is 406 g/mol. The number of aliphatic hydroxyl groups excluding tert-OH is 2. The Bertz CT molecular complexity index is 631. The second-order valence-corrected chi connectivity index (χ2v) is 10.0. The molecule has 5 nitrogen and oxygen atoms in total. The molecule has 0 radical (unpaired) electrons. The lowest BCUT2D eigenvalue weighted by atomic mass is 9.60. The topological polar surface area (TPSA) is 89.8 Å². The van der Waals surface area contributed by atoms with Crippen LogP contribution in [0.5, 0.6) is 0 Å². The molecule has 5 heteroatoms. The Hall–Kier alpha value is -1.17. The molecule has 0 aromatic rings. The predicted molar refractivity (Wildman–Crippen MR) is 113 cm³/mol. The molecular formula is C24H39NO4. The van der Waals surface area contributed by atoms with Crippen molar-refractivity contribution in [1.82, 2.24) is 5.48 Å². The highest BCUT2D eigenvalue weighted by Gasteiger charge is 2.50. The second kappa shape index (κ2) is 9.76. The van der Waals surface area contributed by atoms with Crippen molar-refractivity contribution in [3.8, 4) is 0 Å². The Kier molecular flexibility index (Phi) is 7.58. The number of allylic oxidation sites excluding steroid dienone is 3. The lowest BCUT2D eigenvalue weighted by molar-refractivity contribution is -0.129. The molecule has 3 saturated carbocycles. The van der Waals surface area contributed by atoms with E-state index in [0.29, 0.717) is 48.9 Å². The molecule has 0 aromatic carbocycles. The van der Waals surface area contributed by atoms with Gasteiger partial charge in [-0.15, -0.1) is 0 Å². The Morgan fingerprint density at radius 1 is 1.24 bits per heavy atom. The first-order chi connectivity index (χ1) is 13.8. The van der Waals surface area contributed by atoms with E-state index >= 15 is 0 Å². The van der Waals surface area contributed by atoms with Crippen molar-refractivity contribution in [3.05, 3.63) is 23.3 Å². The summed E-state index contributed by atoms with van der Waals surface area (Å²) in [5.41, 5.74) is 4.78. The van der Waals surface area contributed by atoms with Gasteiger partial charge in [-0.05, 0) is 87.4 Å². The average Bonchev–Trinajstić information content (AvgIpc) is 3.03. The molecule has 3 unspecified atom stereocenters. The summed E-state index contributed by atoms with van der Waals surface area (Å²) in [4.78, 5) is 11.3. The van der Waals surface area contributed by atoms with Gasteiger partial charge in [0.25, 0.3) is 0 Å². The van der Waals surface area contributed by atoms with Crippen molar-refractivity contribution in [2.24, 2.45) is 23.2 Å². The van der Waals surface area contributed by atoms with Crippen molar-refractivity contribution in [1.29, 1.82) is 0 Å². The number of carbonyl (C=O) groups is 1. The maximum Gasteiger partial charge on any atom is 0.243 e. The van der Waals surface area contributed by atoms with Crippen LogP contribution in [0.1, 0.15) is 84.5 Å². The second-order valence-electron chi connectivity index (χ2n) is 10.0. The number of hydrogen-bond acceptors (Lipinski definition) is 4. The van der Waals surface area contributed by atoms with Crippen LogP contribution < -0.4 is 5.48 Å². The van der Waals surface area contributed by atoms with Gasteiger partial charge in [0.15, 0.2) is 0 Å². The first kappa shape index (κ1) is 22.5. The molecule has 0 aromatic heterocycles. The van der Waals surface area contributed by atoms with Crippen molar-refractivity contribution in [3.63, 3.8) is 0 Å². The van der Waals surface area contributed by atoms with Crippen LogP contribution in [-0.4, -0.2) is 33.5 Å². The summed E-state index contributed by atoms with van der Waals surface area (Å²) in [6.45, 7) is 4.81. The lowest BCUT2D eigenvalue weighted by Gasteiger charge is -2.44.